The Morgan fingerprint density at radius 2 is 2.22 bits per heavy atom. The number of hydrogen-bond donors (Lipinski definition) is 1. The van der Waals surface area contributed by atoms with Gasteiger partial charge in [0.25, 0.3) is 5.69 Å². The van der Waals surface area contributed by atoms with Gasteiger partial charge in [0, 0.05) is 33.3 Å². The quantitative estimate of drug-likeness (QED) is 0.592. The van der Waals surface area contributed by atoms with Crippen molar-refractivity contribution in [3.05, 3.63) is 33.9 Å². The highest BCUT2D eigenvalue weighted by Crippen LogP contribution is 2.25. The molecule has 100 valence electrons. The van der Waals surface area contributed by atoms with Crippen molar-refractivity contribution in [2.75, 3.05) is 39.7 Å². The molecule has 0 radical (unpaired) electrons. The van der Waals surface area contributed by atoms with Gasteiger partial charge in [-0.25, -0.2) is 0 Å². The SMILES string of the molecule is CNc1cc(CN(C)CCOC)ccc1[N+](=O)[O-]. The summed E-state index contributed by atoms with van der Waals surface area (Å²) in [6.45, 7) is 2.22. The van der Waals surface area contributed by atoms with Gasteiger partial charge in [-0.1, -0.05) is 6.07 Å². The number of hydrogen-bond acceptors (Lipinski definition) is 5. The molecule has 0 heterocycles. The number of nitrogens with one attached hydrogen (secondary N) is 1. The highest BCUT2D eigenvalue weighted by atomic mass is 16.6. The molecule has 0 saturated heterocycles. The number of nitro groups is 1. The van der Waals surface area contributed by atoms with Crippen molar-refractivity contribution in [2.45, 2.75) is 6.54 Å². The van der Waals surface area contributed by atoms with Crippen LogP contribution in [0.15, 0.2) is 18.2 Å². The summed E-state index contributed by atoms with van der Waals surface area (Å²) >= 11 is 0. The maximum Gasteiger partial charge on any atom is 0.292 e. The monoisotopic (exact) mass is 253 g/mol. The van der Waals surface area contributed by atoms with E-state index in [9.17, 15) is 10.1 Å². The van der Waals surface area contributed by atoms with E-state index in [4.69, 9.17) is 4.74 Å². The fourth-order valence-corrected chi connectivity index (χ4v) is 1.68. The molecule has 0 aliphatic rings. The molecule has 0 fully saturated rings. The van der Waals surface area contributed by atoms with Crippen LogP contribution in [-0.2, 0) is 11.3 Å². The Morgan fingerprint density at radius 3 is 2.78 bits per heavy atom. The lowest BCUT2D eigenvalue weighted by Gasteiger charge is -2.16. The van der Waals surface area contributed by atoms with Crippen LogP contribution < -0.4 is 5.32 Å². The average Bonchev–Trinajstić information content (AvgIpc) is 2.35. The first-order chi connectivity index (χ1) is 8.58. The minimum Gasteiger partial charge on any atom is -0.383 e. The first-order valence-corrected chi connectivity index (χ1v) is 5.71. The number of nitrogens with zero attached hydrogens (tertiary/aromatic N) is 2. The number of ether oxygens (including phenoxy) is 1. The number of methoxy groups -OCH3 is 1. The number of benzene rings is 1. The third kappa shape index (κ3) is 3.97. The van der Waals surface area contributed by atoms with Gasteiger partial charge in [-0.2, -0.15) is 0 Å². The van der Waals surface area contributed by atoms with E-state index in [-0.39, 0.29) is 10.6 Å². The summed E-state index contributed by atoms with van der Waals surface area (Å²) in [6.07, 6.45) is 0. The standard InChI is InChI=1S/C12H19N3O3/c1-13-11-8-10(4-5-12(11)15(16)17)9-14(2)6-7-18-3/h4-5,8,13H,6-7,9H2,1-3H3. The lowest BCUT2D eigenvalue weighted by molar-refractivity contribution is -0.384. The van der Waals surface area contributed by atoms with Gasteiger partial charge in [0.15, 0.2) is 0 Å². The molecule has 0 unspecified atom stereocenters. The van der Waals surface area contributed by atoms with Gasteiger partial charge >= 0.3 is 0 Å². The van der Waals surface area contributed by atoms with Crippen LogP contribution >= 0.6 is 0 Å². The molecule has 0 atom stereocenters. The molecule has 0 aromatic heterocycles. The first-order valence-electron chi connectivity index (χ1n) is 5.71. The Labute approximate surface area is 107 Å². The summed E-state index contributed by atoms with van der Waals surface area (Å²) in [7, 11) is 5.33. The second kappa shape index (κ2) is 6.93. The van der Waals surface area contributed by atoms with Crippen molar-refractivity contribution >= 4 is 11.4 Å². The molecule has 1 aromatic carbocycles. The number of rotatable bonds is 7. The van der Waals surface area contributed by atoms with Gasteiger partial charge in [0.1, 0.15) is 5.69 Å². The molecule has 6 nitrogen and oxygen atoms in total. The zero-order valence-electron chi connectivity index (χ0n) is 11.0. The molecule has 0 amide bonds. The molecule has 0 aliphatic carbocycles. The number of anilines is 1. The Morgan fingerprint density at radius 1 is 1.50 bits per heavy atom. The van der Waals surface area contributed by atoms with Gasteiger partial charge in [0.2, 0.25) is 0 Å². The lowest BCUT2D eigenvalue weighted by Crippen LogP contribution is -2.22. The second-order valence-corrected chi connectivity index (χ2v) is 4.09. The van der Waals surface area contributed by atoms with Gasteiger partial charge < -0.3 is 10.1 Å². The van der Waals surface area contributed by atoms with E-state index in [0.717, 1.165) is 18.7 Å². The molecular formula is C12H19N3O3. The fourth-order valence-electron chi connectivity index (χ4n) is 1.68. The van der Waals surface area contributed by atoms with E-state index in [1.807, 2.05) is 7.05 Å². The molecule has 0 aliphatic heterocycles. The predicted molar refractivity (Wildman–Crippen MR) is 70.9 cm³/mol. The molecule has 18 heavy (non-hydrogen) atoms. The highest BCUT2D eigenvalue weighted by molar-refractivity contribution is 5.62. The predicted octanol–water partition coefficient (Wildman–Crippen LogP) is 1.71. The maximum atomic E-state index is 10.8. The number of likely N-dealkylation sites (N-methyl/N-ethyl adjacent to an activating group) is 1. The molecule has 0 bridgehead atoms. The van der Waals surface area contributed by atoms with Crippen LogP contribution in [0.1, 0.15) is 5.56 Å². The minimum atomic E-state index is -0.385. The Hall–Kier alpha value is -1.66. The van der Waals surface area contributed by atoms with Crippen LogP contribution in [0, 0.1) is 10.1 Å². The van der Waals surface area contributed by atoms with Crippen molar-refractivity contribution in [1.82, 2.24) is 4.90 Å². The van der Waals surface area contributed by atoms with Crippen LogP contribution in [0.2, 0.25) is 0 Å². The van der Waals surface area contributed by atoms with E-state index >= 15 is 0 Å². The normalized spacial score (nSPS) is 10.7. The minimum absolute atomic E-state index is 0.0980. The van der Waals surface area contributed by atoms with Crippen molar-refractivity contribution in [1.29, 1.82) is 0 Å². The van der Waals surface area contributed by atoms with E-state index in [1.54, 1.807) is 26.3 Å². The highest BCUT2D eigenvalue weighted by Gasteiger charge is 2.13. The molecule has 6 heteroatoms. The van der Waals surface area contributed by atoms with Crippen molar-refractivity contribution in [3.8, 4) is 0 Å². The Balaban J connectivity index is 2.76. The van der Waals surface area contributed by atoms with E-state index in [2.05, 4.69) is 10.2 Å². The van der Waals surface area contributed by atoms with Gasteiger partial charge in [-0.15, -0.1) is 0 Å². The van der Waals surface area contributed by atoms with Crippen LogP contribution in [0.5, 0.6) is 0 Å². The molecule has 1 N–H and O–H groups in total. The van der Waals surface area contributed by atoms with Crippen molar-refractivity contribution in [2.24, 2.45) is 0 Å². The Kier molecular flexibility index (Phi) is 5.54. The number of nitro benzene ring substituents is 1. The summed E-state index contributed by atoms with van der Waals surface area (Å²) in [4.78, 5) is 12.5. The Bertz CT molecular complexity index is 410. The topological polar surface area (TPSA) is 67.6 Å². The third-order valence-corrected chi connectivity index (χ3v) is 2.66. The third-order valence-electron chi connectivity index (χ3n) is 2.66. The molecule has 0 spiro atoms. The van der Waals surface area contributed by atoms with Crippen LogP contribution in [0.3, 0.4) is 0 Å². The van der Waals surface area contributed by atoms with Gasteiger partial charge in [0.05, 0.1) is 11.5 Å². The summed E-state index contributed by atoms with van der Waals surface area (Å²) in [6, 6.07) is 5.12. The lowest BCUT2D eigenvalue weighted by atomic mass is 10.1. The average molecular weight is 253 g/mol. The zero-order valence-corrected chi connectivity index (χ0v) is 11.0. The maximum absolute atomic E-state index is 10.8. The fraction of sp³-hybridized carbons (Fsp3) is 0.500. The van der Waals surface area contributed by atoms with Crippen molar-refractivity contribution < 1.29 is 9.66 Å². The molecule has 1 aromatic rings. The van der Waals surface area contributed by atoms with Crippen molar-refractivity contribution in [3.63, 3.8) is 0 Å². The largest absolute Gasteiger partial charge is 0.383 e. The van der Waals surface area contributed by atoms with Crippen LogP contribution in [0.4, 0.5) is 11.4 Å². The van der Waals surface area contributed by atoms with E-state index in [1.165, 1.54) is 6.07 Å². The summed E-state index contributed by atoms with van der Waals surface area (Å²) in [5.41, 5.74) is 1.67. The molecule has 0 saturated carbocycles. The van der Waals surface area contributed by atoms with Gasteiger partial charge in [-0.05, 0) is 18.7 Å². The van der Waals surface area contributed by atoms with E-state index < -0.39 is 0 Å². The van der Waals surface area contributed by atoms with Crippen LogP contribution in [-0.4, -0.2) is 44.2 Å². The van der Waals surface area contributed by atoms with E-state index in [0.29, 0.717) is 12.3 Å². The smallest absolute Gasteiger partial charge is 0.292 e. The molecular weight excluding hydrogens is 234 g/mol. The summed E-state index contributed by atoms with van der Waals surface area (Å²) in [5, 5.41) is 13.6. The molecule has 1 rings (SSSR count). The van der Waals surface area contributed by atoms with Gasteiger partial charge in [-0.3, -0.25) is 15.0 Å². The summed E-state index contributed by atoms with van der Waals surface area (Å²) < 4.78 is 5.00. The summed E-state index contributed by atoms with van der Waals surface area (Å²) in [5.74, 6) is 0. The zero-order chi connectivity index (χ0) is 13.5. The first kappa shape index (κ1) is 14.4. The van der Waals surface area contributed by atoms with Crippen LogP contribution in [0.25, 0.3) is 0 Å². The second-order valence-electron chi connectivity index (χ2n) is 4.09.